The highest BCUT2D eigenvalue weighted by Gasteiger charge is 2.31. The molecule has 4 nitrogen and oxygen atoms in total. The summed E-state index contributed by atoms with van der Waals surface area (Å²) in [6, 6.07) is 0.140. The van der Waals surface area contributed by atoms with Gasteiger partial charge in [0, 0.05) is 18.9 Å². The van der Waals surface area contributed by atoms with E-state index in [2.05, 4.69) is 9.97 Å². The van der Waals surface area contributed by atoms with Crippen molar-refractivity contribution in [1.82, 2.24) is 14.9 Å². The van der Waals surface area contributed by atoms with Crippen LogP contribution in [0.4, 0.5) is 0 Å². The molecule has 0 radical (unpaired) electrons. The number of piperidine rings is 1. The highest BCUT2D eigenvalue weighted by atomic mass is 32.2. The van der Waals surface area contributed by atoms with E-state index in [1.165, 1.54) is 6.42 Å². The Morgan fingerprint density at radius 1 is 1.65 bits per heavy atom. The van der Waals surface area contributed by atoms with Gasteiger partial charge in [-0.2, -0.15) is 11.8 Å². The summed E-state index contributed by atoms with van der Waals surface area (Å²) in [7, 11) is 0. The Bertz CT molecular complexity index is 366. The number of aromatic amines is 1. The lowest BCUT2D eigenvalue weighted by molar-refractivity contribution is -0.134. The number of hydrogen-bond donors (Lipinski definition) is 1. The molecule has 2 atom stereocenters. The summed E-state index contributed by atoms with van der Waals surface area (Å²) >= 11 is 1.60. The molecular formula is C12H19N3OS. The third-order valence-corrected chi connectivity index (χ3v) is 4.23. The van der Waals surface area contributed by atoms with Crippen molar-refractivity contribution in [3.8, 4) is 0 Å². The van der Waals surface area contributed by atoms with E-state index < -0.39 is 0 Å². The van der Waals surface area contributed by atoms with Crippen LogP contribution in [0.1, 0.15) is 38.1 Å². The van der Waals surface area contributed by atoms with Gasteiger partial charge in [0.05, 0.1) is 11.3 Å². The molecule has 1 aliphatic rings. The molecule has 1 fully saturated rings. The number of hydrogen-bond acceptors (Lipinski definition) is 3. The lowest BCUT2D eigenvalue weighted by Crippen LogP contribution is -2.42. The summed E-state index contributed by atoms with van der Waals surface area (Å²) in [6.45, 7) is 2.83. The maximum absolute atomic E-state index is 12.3. The van der Waals surface area contributed by atoms with Crippen molar-refractivity contribution < 1.29 is 4.79 Å². The first-order valence-electron chi connectivity index (χ1n) is 6.06. The van der Waals surface area contributed by atoms with E-state index in [9.17, 15) is 4.79 Å². The topological polar surface area (TPSA) is 49.0 Å². The number of rotatable bonds is 3. The summed E-state index contributed by atoms with van der Waals surface area (Å²) < 4.78 is 0. The van der Waals surface area contributed by atoms with Crippen molar-refractivity contribution in [3.05, 3.63) is 18.2 Å². The number of carbonyl (C=O) groups is 1. The molecule has 94 valence electrons. The van der Waals surface area contributed by atoms with Crippen LogP contribution in [0.5, 0.6) is 0 Å². The Morgan fingerprint density at radius 3 is 3.12 bits per heavy atom. The van der Waals surface area contributed by atoms with Crippen LogP contribution in [0.3, 0.4) is 0 Å². The molecule has 1 amide bonds. The predicted octanol–water partition coefficient (Wildman–Crippen LogP) is 2.21. The Balaban J connectivity index is 2.15. The van der Waals surface area contributed by atoms with E-state index in [-0.39, 0.29) is 17.2 Å². The van der Waals surface area contributed by atoms with Gasteiger partial charge in [0.2, 0.25) is 5.91 Å². The van der Waals surface area contributed by atoms with Crippen molar-refractivity contribution in [2.75, 3.05) is 12.8 Å². The zero-order valence-electron chi connectivity index (χ0n) is 10.3. The SMILES string of the molecule is CSC(C)C(=O)N1CCCCC1c1ncc[nH]1. The van der Waals surface area contributed by atoms with Crippen molar-refractivity contribution in [2.45, 2.75) is 37.5 Å². The summed E-state index contributed by atoms with van der Waals surface area (Å²) in [5.41, 5.74) is 0. The molecule has 1 aromatic heterocycles. The average Bonchev–Trinajstić information content (AvgIpc) is 2.90. The van der Waals surface area contributed by atoms with Gasteiger partial charge in [0.1, 0.15) is 5.82 Å². The standard InChI is InChI=1S/C12H19N3OS/c1-9(17-2)12(16)15-8-4-3-5-10(15)11-13-6-7-14-11/h6-7,9-10H,3-5,8H2,1-2H3,(H,13,14). The van der Waals surface area contributed by atoms with Gasteiger partial charge in [0.25, 0.3) is 0 Å². The smallest absolute Gasteiger partial charge is 0.236 e. The first-order valence-corrected chi connectivity index (χ1v) is 7.35. The number of carbonyl (C=O) groups excluding carboxylic acids is 1. The summed E-state index contributed by atoms with van der Waals surface area (Å²) in [5, 5.41) is 0.0329. The Kier molecular flexibility index (Phi) is 4.10. The van der Waals surface area contributed by atoms with E-state index >= 15 is 0 Å². The highest BCUT2D eigenvalue weighted by Crippen LogP contribution is 2.30. The second-order valence-electron chi connectivity index (χ2n) is 4.40. The molecule has 2 heterocycles. The van der Waals surface area contributed by atoms with Crippen LogP contribution in [0, 0.1) is 0 Å². The van der Waals surface area contributed by atoms with Gasteiger partial charge in [-0.1, -0.05) is 0 Å². The van der Waals surface area contributed by atoms with Gasteiger partial charge >= 0.3 is 0 Å². The van der Waals surface area contributed by atoms with Crippen molar-refractivity contribution in [3.63, 3.8) is 0 Å². The van der Waals surface area contributed by atoms with Gasteiger partial charge in [-0.3, -0.25) is 4.79 Å². The van der Waals surface area contributed by atoms with E-state index in [0.717, 1.165) is 25.2 Å². The van der Waals surface area contributed by atoms with Gasteiger partial charge in [-0.05, 0) is 32.4 Å². The molecule has 0 bridgehead atoms. The Morgan fingerprint density at radius 2 is 2.47 bits per heavy atom. The number of H-pyrrole nitrogens is 1. The second-order valence-corrected chi connectivity index (χ2v) is 5.57. The van der Waals surface area contributed by atoms with Crippen LogP contribution in [0.2, 0.25) is 0 Å². The molecule has 5 heteroatoms. The molecule has 1 aliphatic heterocycles. The van der Waals surface area contributed by atoms with Crippen LogP contribution in [0.15, 0.2) is 12.4 Å². The maximum Gasteiger partial charge on any atom is 0.236 e. The number of nitrogens with one attached hydrogen (secondary N) is 1. The molecular weight excluding hydrogens is 234 g/mol. The van der Waals surface area contributed by atoms with Gasteiger partial charge < -0.3 is 9.88 Å². The van der Waals surface area contributed by atoms with Crippen LogP contribution >= 0.6 is 11.8 Å². The van der Waals surface area contributed by atoms with Crippen LogP contribution < -0.4 is 0 Å². The maximum atomic E-state index is 12.3. The monoisotopic (exact) mass is 253 g/mol. The Hall–Kier alpha value is -0.970. The summed E-state index contributed by atoms with van der Waals surface area (Å²) in [4.78, 5) is 21.7. The number of nitrogens with zero attached hydrogens (tertiary/aromatic N) is 2. The Labute approximate surface area is 106 Å². The molecule has 1 N–H and O–H groups in total. The first-order chi connectivity index (χ1) is 8.24. The molecule has 1 aromatic rings. The lowest BCUT2D eigenvalue weighted by Gasteiger charge is -2.35. The summed E-state index contributed by atoms with van der Waals surface area (Å²) in [5.74, 6) is 1.16. The number of amides is 1. The number of thioether (sulfide) groups is 1. The zero-order valence-corrected chi connectivity index (χ0v) is 11.2. The van der Waals surface area contributed by atoms with Crippen LogP contribution in [-0.4, -0.2) is 38.8 Å². The molecule has 0 spiro atoms. The van der Waals surface area contributed by atoms with E-state index in [0.29, 0.717) is 0 Å². The van der Waals surface area contributed by atoms with E-state index in [1.807, 2.05) is 24.3 Å². The molecule has 0 aliphatic carbocycles. The number of imidazole rings is 1. The average molecular weight is 253 g/mol. The van der Waals surface area contributed by atoms with Crippen LogP contribution in [0.25, 0.3) is 0 Å². The van der Waals surface area contributed by atoms with E-state index in [4.69, 9.17) is 0 Å². The number of aromatic nitrogens is 2. The fraction of sp³-hybridized carbons (Fsp3) is 0.667. The van der Waals surface area contributed by atoms with Crippen molar-refractivity contribution >= 4 is 17.7 Å². The summed E-state index contributed by atoms with van der Waals surface area (Å²) in [6.07, 6.45) is 8.84. The van der Waals surface area contributed by atoms with Gasteiger partial charge in [0.15, 0.2) is 0 Å². The molecule has 17 heavy (non-hydrogen) atoms. The number of likely N-dealkylation sites (tertiary alicyclic amines) is 1. The van der Waals surface area contributed by atoms with Crippen LogP contribution in [-0.2, 0) is 4.79 Å². The van der Waals surface area contributed by atoms with Gasteiger partial charge in [-0.25, -0.2) is 4.98 Å². The predicted molar refractivity (Wildman–Crippen MR) is 69.9 cm³/mol. The quantitative estimate of drug-likeness (QED) is 0.898. The second kappa shape index (κ2) is 5.58. The normalized spacial score (nSPS) is 22.5. The van der Waals surface area contributed by atoms with Crippen molar-refractivity contribution in [1.29, 1.82) is 0 Å². The largest absolute Gasteiger partial charge is 0.347 e. The zero-order chi connectivity index (χ0) is 12.3. The minimum Gasteiger partial charge on any atom is -0.347 e. The third kappa shape index (κ3) is 2.65. The molecule has 0 aromatic carbocycles. The van der Waals surface area contributed by atoms with Gasteiger partial charge in [-0.15, -0.1) is 0 Å². The molecule has 2 unspecified atom stereocenters. The fourth-order valence-electron chi connectivity index (χ4n) is 2.27. The minimum atomic E-state index is 0.0329. The highest BCUT2D eigenvalue weighted by molar-refractivity contribution is 7.99. The fourth-order valence-corrected chi connectivity index (χ4v) is 2.61. The van der Waals surface area contributed by atoms with Crippen molar-refractivity contribution in [2.24, 2.45) is 0 Å². The first kappa shape index (κ1) is 12.5. The van der Waals surface area contributed by atoms with E-state index in [1.54, 1.807) is 18.0 Å². The molecule has 1 saturated heterocycles. The third-order valence-electron chi connectivity index (χ3n) is 3.32. The lowest BCUT2D eigenvalue weighted by atomic mass is 10.0. The molecule has 2 rings (SSSR count). The molecule has 0 saturated carbocycles. The minimum absolute atomic E-state index is 0.0329.